The molecule has 15 heavy (non-hydrogen) atoms. The van der Waals surface area contributed by atoms with E-state index in [4.69, 9.17) is 0 Å². The van der Waals surface area contributed by atoms with Crippen LogP contribution in [-0.4, -0.2) is 23.0 Å². The molecule has 0 radical (unpaired) electrons. The minimum Gasteiger partial charge on any atom is -0.362 e. The van der Waals surface area contributed by atoms with Gasteiger partial charge in [-0.2, -0.15) is 0 Å². The van der Waals surface area contributed by atoms with E-state index in [9.17, 15) is 0 Å². The lowest BCUT2D eigenvalue weighted by Crippen LogP contribution is -2.38. The molecule has 0 amide bonds. The molecule has 1 N–H and O–H groups in total. The Bertz CT molecular complexity index is 202. The Hall–Kier alpha value is -0.180. The second-order valence-corrected chi connectivity index (χ2v) is 6.36. The molecule has 1 fully saturated rings. The highest BCUT2D eigenvalue weighted by molar-refractivity contribution is 8.14. The third kappa shape index (κ3) is 5.45. The number of hydrogen-bond donors (Lipinski definition) is 1. The summed E-state index contributed by atoms with van der Waals surface area (Å²) in [6, 6.07) is 0.588. The van der Waals surface area contributed by atoms with E-state index >= 15 is 0 Å². The van der Waals surface area contributed by atoms with E-state index in [1.165, 1.54) is 19.3 Å². The van der Waals surface area contributed by atoms with Gasteiger partial charge in [-0.3, -0.25) is 4.99 Å². The molecule has 1 aliphatic rings. The van der Waals surface area contributed by atoms with Gasteiger partial charge in [0.05, 0.1) is 0 Å². The molecule has 0 bridgehead atoms. The first-order valence-electron chi connectivity index (χ1n) is 6.05. The molecule has 1 heterocycles. The Kier molecular flexibility index (Phi) is 5.51. The van der Waals surface area contributed by atoms with Crippen LogP contribution in [0.2, 0.25) is 0 Å². The molecular formula is C12H24N2S. The van der Waals surface area contributed by atoms with Crippen molar-refractivity contribution in [2.45, 2.75) is 58.2 Å². The van der Waals surface area contributed by atoms with Crippen molar-refractivity contribution in [3.05, 3.63) is 0 Å². The van der Waals surface area contributed by atoms with E-state index in [-0.39, 0.29) is 0 Å². The molecule has 88 valence electrons. The zero-order valence-electron chi connectivity index (χ0n) is 10.4. The lowest BCUT2D eigenvalue weighted by atomic mass is 10.1. The molecular weight excluding hydrogens is 204 g/mol. The number of amidine groups is 1. The molecule has 0 aromatic carbocycles. The van der Waals surface area contributed by atoms with Crippen LogP contribution in [0.3, 0.4) is 0 Å². The predicted molar refractivity (Wildman–Crippen MR) is 70.6 cm³/mol. The third-order valence-electron chi connectivity index (χ3n) is 2.56. The van der Waals surface area contributed by atoms with Crippen molar-refractivity contribution in [2.24, 2.45) is 10.9 Å². The predicted octanol–water partition coefficient (Wildman–Crippen LogP) is 3.28. The van der Waals surface area contributed by atoms with Crippen molar-refractivity contribution >= 4 is 16.9 Å². The highest BCUT2D eigenvalue weighted by Crippen LogP contribution is 2.22. The maximum absolute atomic E-state index is 4.62. The van der Waals surface area contributed by atoms with Crippen molar-refractivity contribution in [2.75, 3.05) is 6.54 Å². The minimum atomic E-state index is 0.588. The molecule has 0 aromatic rings. The Labute approximate surface area is 98.3 Å². The van der Waals surface area contributed by atoms with Gasteiger partial charge in [0.1, 0.15) is 0 Å². The zero-order valence-corrected chi connectivity index (χ0v) is 11.2. The fraction of sp³-hybridized carbons (Fsp3) is 0.917. The van der Waals surface area contributed by atoms with Crippen LogP contribution in [0.1, 0.15) is 47.0 Å². The Morgan fingerprint density at radius 1 is 1.47 bits per heavy atom. The van der Waals surface area contributed by atoms with E-state index in [1.807, 2.05) is 11.8 Å². The first-order valence-corrected chi connectivity index (χ1v) is 6.93. The van der Waals surface area contributed by atoms with Crippen molar-refractivity contribution in [1.29, 1.82) is 0 Å². The van der Waals surface area contributed by atoms with Crippen LogP contribution in [0, 0.1) is 5.92 Å². The quantitative estimate of drug-likeness (QED) is 0.747. The van der Waals surface area contributed by atoms with Crippen LogP contribution in [0.25, 0.3) is 0 Å². The van der Waals surface area contributed by atoms with E-state index in [1.54, 1.807) is 0 Å². The van der Waals surface area contributed by atoms with Gasteiger partial charge in [0.2, 0.25) is 0 Å². The van der Waals surface area contributed by atoms with Gasteiger partial charge in [-0.1, -0.05) is 32.5 Å². The van der Waals surface area contributed by atoms with Crippen molar-refractivity contribution in [3.63, 3.8) is 0 Å². The molecule has 0 aromatic heterocycles. The number of nitrogens with zero attached hydrogens (tertiary/aromatic N) is 1. The number of hydrogen-bond acceptors (Lipinski definition) is 2. The van der Waals surface area contributed by atoms with Crippen molar-refractivity contribution in [3.8, 4) is 0 Å². The fourth-order valence-electron chi connectivity index (χ4n) is 1.80. The molecule has 1 aliphatic heterocycles. The number of aliphatic imine (C=N–C) groups is 1. The molecule has 2 unspecified atom stereocenters. The van der Waals surface area contributed by atoms with Crippen LogP contribution in [0.4, 0.5) is 0 Å². The van der Waals surface area contributed by atoms with Gasteiger partial charge in [0.25, 0.3) is 0 Å². The summed E-state index contributed by atoms with van der Waals surface area (Å²) in [6.07, 6.45) is 3.74. The Morgan fingerprint density at radius 2 is 2.20 bits per heavy atom. The van der Waals surface area contributed by atoms with Gasteiger partial charge in [-0.25, -0.2) is 0 Å². The summed E-state index contributed by atoms with van der Waals surface area (Å²) < 4.78 is 0. The monoisotopic (exact) mass is 228 g/mol. The van der Waals surface area contributed by atoms with Crippen molar-refractivity contribution < 1.29 is 0 Å². The Morgan fingerprint density at radius 3 is 2.80 bits per heavy atom. The van der Waals surface area contributed by atoms with Gasteiger partial charge < -0.3 is 5.32 Å². The van der Waals surface area contributed by atoms with E-state index < -0.39 is 0 Å². The molecule has 0 aliphatic carbocycles. The normalized spacial score (nSPS) is 29.5. The highest BCUT2D eigenvalue weighted by Gasteiger charge is 2.19. The van der Waals surface area contributed by atoms with Crippen LogP contribution < -0.4 is 5.32 Å². The third-order valence-corrected chi connectivity index (χ3v) is 3.63. The van der Waals surface area contributed by atoms with Crippen molar-refractivity contribution in [1.82, 2.24) is 5.32 Å². The molecule has 0 spiro atoms. The van der Waals surface area contributed by atoms with E-state index in [0.29, 0.717) is 11.3 Å². The van der Waals surface area contributed by atoms with E-state index in [2.05, 4.69) is 38.0 Å². The average molecular weight is 228 g/mol. The first kappa shape index (κ1) is 12.9. The summed E-state index contributed by atoms with van der Waals surface area (Å²) in [4.78, 5) is 4.62. The summed E-state index contributed by atoms with van der Waals surface area (Å²) in [7, 11) is 0. The fourth-order valence-corrected chi connectivity index (χ4v) is 3.00. The number of thioether (sulfide) groups is 1. The molecule has 3 heteroatoms. The van der Waals surface area contributed by atoms with Gasteiger partial charge in [-0.15, -0.1) is 0 Å². The van der Waals surface area contributed by atoms with E-state index in [0.717, 1.165) is 17.6 Å². The SMILES string of the molecule is CC(C)CCCN=C1NC(C)CC(C)S1. The summed E-state index contributed by atoms with van der Waals surface area (Å²) in [6.45, 7) is 10.0. The second kappa shape index (κ2) is 6.41. The summed E-state index contributed by atoms with van der Waals surface area (Å²) in [5.41, 5.74) is 0. The van der Waals surface area contributed by atoms with Gasteiger partial charge in [-0.05, 0) is 32.1 Å². The van der Waals surface area contributed by atoms with Gasteiger partial charge in [0.15, 0.2) is 5.17 Å². The summed E-state index contributed by atoms with van der Waals surface area (Å²) in [5, 5.41) is 5.32. The molecule has 0 saturated carbocycles. The van der Waals surface area contributed by atoms with Gasteiger partial charge >= 0.3 is 0 Å². The summed E-state index contributed by atoms with van der Waals surface area (Å²) in [5.74, 6) is 0.801. The van der Waals surface area contributed by atoms with Crippen LogP contribution in [-0.2, 0) is 0 Å². The Balaban J connectivity index is 2.26. The van der Waals surface area contributed by atoms with Gasteiger partial charge in [0, 0.05) is 17.8 Å². The second-order valence-electron chi connectivity index (χ2n) is 4.93. The molecule has 2 atom stereocenters. The minimum absolute atomic E-state index is 0.588. The maximum Gasteiger partial charge on any atom is 0.157 e. The van der Waals surface area contributed by atoms with Crippen LogP contribution >= 0.6 is 11.8 Å². The topological polar surface area (TPSA) is 24.4 Å². The summed E-state index contributed by atoms with van der Waals surface area (Å²) >= 11 is 1.89. The first-order chi connectivity index (χ1) is 7.08. The standard InChI is InChI=1S/C12H24N2S/c1-9(2)6-5-7-13-12-14-10(3)8-11(4)15-12/h9-11H,5-8H2,1-4H3,(H,13,14). The lowest BCUT2D eigenvalue weighted by molar-refractivity contribution is 0.559. The average Bonchev–Trinajstić information content (AvgIpc) is 2.10. The maximum atomic E-state index is 4.62. The molecule has 2 nitrogen and oxygen atoms in total. The highest BCUT2D eigenvalue weighted by atomic mass is 32.2. The molecule has 1 saturated heterocycles. The lowest BCUT2D eigenvalue weighted by Gasteiger charge is -2.26. The van der Waals surface area contributed by atoms with Crippen LogP contribution in [0.5, 0.6) is 0 Å². The van der Waals surface area contributed by atoms with Crippen LogP contribution in [0.15, 0.2) is 4.99 Å². The molecule has 1 rings (SSSR count). The number of nitrogens with one attached hydrogen (secondary N) is 1. The number of rotatable bonds is 4. The largest absolute Gasteiger partial charge is 0.362 e. The smallest absolute Gasteiger partial charge is 0.157 e. The zero-order chi connectivity index (χ0) is 11.3.